The van der Waals surface area contributed by atoms with Crippen molar-refractivity contribution in [3.05, 3.63) is 59.7 Å². The number of rotatable bonds is 2. The van der Waals surface area contributed by atoms with Gasteiger partial charge in [0.2, 0.25) is 0 Å². The zero-order valence-corrected chi connectivity index (χ0v) is 10.2. The molecule has 3 rings (SSSR count). The Balaban J connectivity index is 1.82. The molecule has 0 fully saturated rings. The van der Waals surface area contributed by atoms with Gasteiger partial charge >= 0.3 is 0 Å². The van der Waals surface area contributed by atoms with Gasteiger partial charge < -0.3 is 10.4 Å². The summed E-state index contributed by atoms with van der Waals surface area (Å²) in [5.41, 5.74) is 2.43. The molecule has 0 saturated heterocycles. The quantitative estimate of drug-likeness (QED) is 0.834. The lowest BCUT2D eigenvalue weighted by Gasteiger charge is -2.17. The van der Waals surface area contributed by atoms with Crippen LogP contribution in [0.3, 0.4) is 0 Å². The van der Waals surface area contributed by atoms with E-state index in [4.69, 9.17) is 0 Å². The van der Waals surface area contributed by atoms with Gasteiger partial charge in [-0.05, 0) is 11.1 Å². The Morgan fingerprint density at radius 1 is 1.26 bits per heavy atom. The van der Waals surface area contributed by atoms with Gasteiger partial charge in [-0.25, -0.2) is 9.97 Å². The Hall–Kier alpha value is -2.27. The molecular weight excluding hydrogens is 242 g/mol. The molecule has 5 heteroatoms. The number of carbonyl (C=O) groups excluding carboxylic acids is 1. The van der Waals surface area contributed by atoms with Crippen LogP contribution in [0.15, 0.2) is 43.0 Å². The highest BCUT2D eigenvalue weighted by Crippen LogP contribution is 2.31. The van der Waals surface area contributed by atoms with Crippen molar-refractivity contribution in [1.82, 2.24) is 15.3 Å². The normalized spacial score (nSPS) is 20.9. The summed E-state index contributed by atoms with van der Waals surface area (Å²) in [5, 5.41) is 12.9. The number of amides is 1. The molecule has 1 aliphatic rings. The zero-order valence-electron chi connectivity index (χ0n) is 10.2. The third kappa shape index (κ3) is 2.20. The first-order chi connectivity index (χ1) is 9.25. The summed E-state index contributed by atoms with van der Waals surface area (Å²) in [6, 6.07) is 7.36. The van der Waals surface area contributed by atoms with Crippen molar-refractivity contribution in [2.75, 3.05) is 0 Å². The monoisotopic (exact) mass is 255 g/mol. The van der Waals surface area contributed by atoms with E-state index >= 15 is 0 Å². The average Bonchev–Trinajstić information content (AvgIpc) is 2.76. The van der Waals surface area contributed by atoms with Gasteiger partial charge in [0.05, 0.1) is 17.7 Å². The summed E-state index contributed by atoms with van der Waals surface area (Å²) in [5.74, 6) is -0.277. The highest BCUT2D eigenvalue weighted by Gasteiger charge is 2.32. The number of aliphatic hydroxyl groups excluding tert-OH is 1. The summed E-state index contributed by atoms with van der Waals surface area (Å²) in [7, 11) is 0. The first-order valence-corrected chi connectivity index (χ1v) is 6.07. The van der Waals surface area contributed by atoms with Crippen LogP contribution in [-0.2, 0) is 6.42 Å². The summed E-state index contributed by atoms with van der Waals surface area (Å²) in [6.45, 7) is 0. The lowest BCUT2D eigenvalue weighted by molar-refractivity contribution is 0.0857. The molecule has 0 saturated carbocycles. The SMILES string of the molecule is O=C(N[C@@H]1c2ccccc2C[C@@H]1O)c1cncnc1. The molecule has 0 unspecified atom stereocenters. The van der Waals surface area contributed by atoms with Crippen LogP contribution in [0.2, 0.25) is 0 Å². The minimum Gasteiger partial charge on any atom is -0.390 e. The Bertz CT molecular complexity index is 601. The number of fused-ring (bicyclic) bond motifs is 1. The third-order valence-corrected chi connectivity index (χ3v) is 3.31. The van der Waals surface area contributed by atoms with Gasteiger partial charge in [0.15, 0.2) is 0 Å². The molecule has 2 aromatic rings. The van der Waals surface area contributed by atoms with Crippen molar-refractivity contribution < 1.29 is 9.90 Å². The molecule has 0 aliphatic heterocycles. The Morgan fingerprint density at radius 2 is 2.00 bits per heavy atom. The molecule has 19 heavy (non-hydrogen) atoms. The van der Waals surface area contributed by atoms with E-state index in [0.717, 1.165) is 11.1 Å². The molecule has 2 N–H and O–H groups in total. The first-order valence-electron chi connectivity index (χ1n) is 6.07. The Morgan fingerprint density at radius 3 is 2.79 bits per heavy atom. The molecule has 0 bridgehead atoms. The number of nitrogens with zero attached hydrogens (tertiary/aromatic N) is 2. The van der Waals surface area contributed by atoms with Crippen molar-refractivity contribution in [3.8, 4) is 0 Å². The van der Waals surface area contributed by atoms with Gasteiger partial charge in [-0.2, -0.15) is 0 Å². The smallest absolute Gasteiger partial charge is 0.254 e. The van der Waals surface area contributed by atoms with E-state index in [1.54, 1.807) is 0 Å². The van der Waals surface area contributed by atoms with Gasteiger partial charge in [-0.1, -0.05) is 24.3 Å². The van der Waals surface area contributed by atoms with E-state index in [1.807, 2.05) is 24.3 Å². The van der Waals surface area contributed by atoms with E-state index in [-0.39, 0.29) is 11.9 Å². The van der Waals surface area contributed by atoms with Crippen LogP contribution < -0.4 is 5.32 Å². The standard InChI is InChI=1S/C14H13N3O2/c18-12-5-9-3-1-2-4-11(9)13(12)17-14(19)10-6-15-8-16-7-10/h1-4,6-8,12-13,18H,5H2,(H,17,19)/t12-,13+/m0/s1. The van der Waals surface area contributed by atoms with E-state index in [0.29, 0.717) is 12.0 Å². The largest absolute Gasteiger partial charge is 0.390 e. The van der Waals surface area contributed by atoms with Crippen LogP contribution in [0.4, 0.5) is 0 Å². The minimum absolute atomic E-state index is 0.277. The topological polar surface area (TPSA) is 75.1 Å². The van der Waals surface area contributed by atoms with Crippen LogP contribution >= 0.6 is 0 Å². The second-order valence-corrected chi connectivity index (χ2v) is 4.55. The number of aromatic nitrogens is 2. The van der Waals surface area contributed by atoms with Gasteiger partial charge in [-0.3, -0.25) is 4.79 Å². The van der Waals surface area contributed by atoms with Crippen LogP contribution in [-0.4, -0.2) is 27.1 Å². The summed E-state index contributed by atoms with van der Waals surface area (Å²) < 4.78 is 0. The summed E-state index contributed by atoms with van der Waals surface area (Å²) in [4.78, 5) is 19.7. The Labute approximate surface area is 110 Å². The van der Waals surface area contributed by atoms with E-state index < -0.39 is 6.10 Å². The molecule has 0 spiro atoms. The van der Waals surface area contributed by atoms with E-state index in [2.05, 4.69) is 15.3 Å². The van der Waals surface area contributed by atoms with Gasteiger partial charge in [0.1, 0.15) is 6.33 Å². The highest BCUT2D eigenvalue weighted by atomic mass is 16.3. The molecular formula is C14H13N3O2. The van der Waals surface area contributed by atoms with Gasteiger partial charge in [0, 0.05) is 18.8 Å². The maximum Gasteiger partial charge on any atom is 0.254 e. The fourth-order valence-electron chi connectivity index (χ4n) is 2.39. The van der Waals surface area contributed by atoms with Crippen LogP contribution in [0, 0.1) is 0 Å². The minimum atomic E-state index is -0.592. The second kappa shape index (κ2) is 4.78. The fourth-order valence-corrected chi connectivity index (χ4v) is 2.39. The molecule has 1 aromatic carbocycles. The molecule has 0 radical (unpaired) electrons. The maximum absolute atomic E-state index is 12.1. The number of hydrogen-bond acceptors (Lipinski definition) is 4. The molecule has 1 amide bonds. The molecule has 5 nitrogen and oxygen atoms in total. The van der Waals surface area contributed by atoms with Gasteiger partial charge in [0.25, 0.3) is 5.91 Å². The van der Waals surface area contributed by atoms with Crippen molar-refractivity contribution in [3.63, 3.8) is 0 Å². The lowest BCUT2D eigenvalue weighted by Crippen LogP contribution is -2.33. The third-order valence-electron chi connectivity index (χ3n) is 3.31. The molecule has 1 heterocycles. The first kappa shape index (κ1) is 11.8. The lowest BCUT2D eigenvalue weighted by atomic mass is 10.1. The van der Waals surface area contributed by atoms with Crippen LogP contribution in [0.1, 0.15) is 27.5 Å². The number of hydrogen-bond donors (Lipinski definition) is 2. The number of nitrogens with one attached hydrogen (secondary N) is 1. The van der Waals surface area contributed by atoms with Crippen LogP contribution in [0.5, 0.6) is 0 Å². The maximum atomic E-state index is 12.1. The van der Waals surface area contributed by atoms with Crippen molar-refractivity contribution in [1.29, 1.82) is 0 Å². The van der Waals surface area contributed by atoms with Crippen molar-refractivity contribution in [2.24, 2.45) is 0 Å². The number of benzene rings is 1. The van der Waals surface area contributed by atoms with E-state index in [1.165, 1.54) is 18.7 Å². The molecule has 1 aromatic heterocycles. The number of carbonyl (C=O) groups is 1. The van der Waals surface area contributed by atoms with Gasteiger partial charge in [-0.15, -0.1) is 0 Å². The predicted octanol–water partition coefficient (Wildman–Crippen LogP) is 0.865. The molecule has 1 aliphatic carbocycles. The van der Waals surface area contributed by atoms with E-state index in [9.17, 15) is 9.90 Å². The second-order valence-electron chi connectivity index (χ2n) is 4.55. The fraction of sp³-hybridized carbons (Fsp3) is 0.214. The van der Waals surface area contributed by atoms with Crippen molar-refractivity contribution in [2.45, 2.75) is 18.6 Å². The highest BCUT2D eigenvalue weighted by molar-refractivity contribution is 5.93. The number of aliphatic hydroxyl groups is 1. The molecule has 2 atom stereocenters. The van der Waals surface area contributed by atoms with Crippen LogP contribution in [0.25, 0.3) is 0 Å². The Kier molecular flexibility index (Phi) is 2.97. The average molecular weight is 255 g/mol. The van der Waals surface area contributed by atoms with Crippen molar-refractivity contribution >= 4 is 5.91 Å². The predicted molar refractivity (Wildman–Crippen MR) is 68.4 cm³/mol. The summed E-state index contributed by atoms with van der Waals surface area (Å²) >= 11 is 0. The zero-order chi connectivity index (χ0) is 13.2. The molecule has 96 valence electrons. The summed E-state index contributed by atoms with van der Waals surface area (Å²) in [6.07, 6.45) is 4.25.